The first-order chi connectivity index (χ1) is 7.27. The molecule has 1 amide bonds. The minimum atomic E-state index is -0.219. The second-order valence-electron chi connectivity index (χ2n) is 3.13. The van der Waals surface area contributed by atoms with Gasteiger partial charge in [0.2, 0.25) is 5.91 Å². The number of hydrogen-bond donors (Lipinski definition) is 1. The molecule has 4 nitrogen and oxygen atoms in total. The van der Waals surface area contributed by atoms with Crippen LogP contribution in [0.4, 0.5) is 5.13 Å². The first kappa shape index (κ1) is 9.92. The predicted molar refractivity (Wildman–Crippen MR) is 59.9 cm³/mol. The molecule has 2 aromatic rings. The Labute approximate surface area is 91.6 Å². The van der Waals surface area contributed by atoms with Crippen LogP contribution in [0.5, 0.6) is 0 Å². The molecule has 2 rings (SSSR count). The molecule has 0 aliphatic rings. The van der Waals surface area contributed by atoms with Gasteiger partial charge in [-0.3, -0.25) is 4.79 Å². The number of carbonyl (C=O) groups excluding carboxylic acids is 1. The molecule has 0 aliphatic carbocycles. The minimum absolute atomic E-state index is 0.0545. The largest absolute Gasteiger partial charge is 0.342 e. The highest BCUT2D eigenvalue weighted by Crippen LogP contribution is 2.14. The standard InChI is InChI=1S/C10H11N3OS/c1-8(13-5-2-3-6-13)9(14)12-10-11-4-7-15-10/h2-8H,1H3,(H,11,12,14). The van der Waals surface area contributed by atoms with Crippen LogP contribution in [0.25, 0.3) is 0 Å². The van der Waals surface area contributed by atoms with Crippen molar-refractivity contribution in [3.8, 4) is 0 Å². The lowest BCUT2D eigenvalue weighted by atomic mass is 10.3. The normalized spacial score (nSPS) is 12.3. The van der Waals surface area contributed by atoms with Crippen LogP contribution in [0, 0.1) is 0 Å². The molecule has 0 aliphatic heterocycles. The van der Waals surface area contributed by atoms with Gasteiger partial charge >= 0.3 is 0 Å². The Morgan fingerprint density at radius 1 is 1.53 bits per heavy atom. The van der Waals surface area contributed by atoms with Gasteiger partial charge in [0, 0.05) is 24.0 Å². The van der Waals surface area contributed by atoms with Gasteiger partial charge in [-0.15, -0.1) is 11.3 Å². The number of carbonyl (C=O) groups is 1. The van der Waals surface area contributed by atoms with Gasteiger partial charge in [0.15, 0.2) is 5.13 Å². The van der Waals surface area contributed by atoms with Crippen molar-refractivity contribution in [2.75, 3.05) is 5.32 Å². The third-order valence-electron chi connectivity index (χ3n) is 2.12. The Hall–Kier alpha value is -1.62. The maximum Gasteiger partial charge on any atom is 0.248 e. The number of hydrogen-bond acceptors (Lipinski definition) is 3. The molecular formula is C10H11N3OS. The lowest BCUT2D eigenvalue weighted by Gasteiger charge is -2.12. The molecule has 0 spiro atoms. The van der Waals surface area contributed by atoms with E-state index >= 15 is 0 Å². The van der Waals surface area contributed by atoms with Crippen molar-refractivity contribution in [3.05, 3.63) is 36.1 Å². The molecule has 2 heterocycles. The second kappa shape index (κ2) is 4.27. The summed E-state index contributed by atoms with van der Waals surface area (Å²) in [5.41, 5.74) is 0. The summed E-state index contributed by atoms with van der Waals surface area (Å²) in [7, 11) is 0. The molecular weight excluding hydrogens is 210 g/mol. The highest BCUT2D eigenvalue weighted by Gasteiger charge is 2.14. The van der Waals surface area contributed by atoms with E-state index in [1.165, 1.54) is 11.3 Å². The van der Waals surface area contributed by atoms with Crippen LogP contribution in [-0.4, -0.2) is 15.5 Å². The lowest BCUT2D eigenvalue weighted by molar-refractivity contribution is -0.118. The van der Waals surface area contributed by atoms with Crippen molar-refractivity contribution in [2.45, 2.75) is 13.0 Å². The van der Waals surface area contributed by atoms with E-state index in [0.29, 0.717) is 5.13 Å². The average molecular weight is 221 g/mol. The molecule has 0 saturated carbocycles. The molecule has 1 unspecified atom stereocenters. The van der Waals surface area contributed by atoms with Crippen molar-refractivity contribution >= 4 is 22.4 Å². The topological polar surface area (TPSA) is 46.9 Å². The summed E-state index contributed by atoms with van der Waals surface area (Å²) in [5.74, 6) is -0.0545. The first-order valence-electron chi connectivity index (χ1n) is 4.60. The number of nitrogens with one attached hydrogen (secondary N) is 1. The van der Waals surface area contributed by atoms with Gasteiger partial charge < -0.3 is 9.88 Å². The maximum absolute atomic E-state index is 11.7. The Morgan fingerprint density at radius 2 is 2.27 bits per heavy atom. The quantitative estimate of drug-likeness (QED) is 0.863. The predicted octanol–water partition coefficient (Wildman–Crippen LogP) is 2.14. The van der Waals surface area contributed by atoms with E-state index < -0.39 is 0 Å². The fraction of sp³-hybridized carbons (Fsp3) is 0.200. The van der Waals surface area contributed by atoms with Crippen molar-refractivity contribution < 1.29 is 4.79 Å². The SMILES string of the molecule is CC(C(=O)Nc1nccs1)n1cccc1. The van der Waals surface area contributed by atoms with Gasteiger partial charge in [0.1, 0.15) is 6.04 Å². The number of rotatable bonds is 3. The second-order valence-corrected chi connectivity index (χ2v) is 4.03. The number of thiazole rings is 1. The van der Waals surface area contributed by atoms with E-state index in [1.54, 1.807) is 6.20 Å². The number of anilines is 1. The molecule has 2 aromatic heterocycles. The van der Waals surface area contributed by atoms with Crippen LogP contribution in [0.2, 0.25) is 0 Å². The molecule has 0 fully saturated rings. The van der Waals surface area contributed by atoms with Gasteiger partial charge in [-0.25, -0.2) is 4.98 Å². The Kier molecular flexibility index (Phi) is 2.82. The van der Waals surface area contributed by atoms with E-state index in [1.807, 2.05) is 41.4 Å². The summed E-state index contributed by atoms with van der Waals surface area (Å²) >= 11 is 1.41. The molecule has 0 saturated heterocycles. The van der Waals surface area contributed by atoms with E-state index in [-0.39, 0.29) is 11.9 Å². The third kappa shape index (κ3) is 2.24. The molecule has 1 N–H and O–H groups in total. The fourth-order valence-corrected chi connectivity index (χ4v) is 1.77. The summed E-state index contributed by atoms with van der Waals surface area (Å²) in [6, 6.07) is 3.57. The average Bonchev–Trinajstić information content (AvgIpc) is 2.88. The monoisotopic (exact) mass is 221 g/mol. The Morgan fingerprint density at radius 3 is 2.87 bits per heavy atom. The molecule has 78 valence electrons. The van der Waals surface area contributed by atoms with Crippen molar-refractivity contribution in [1.82, 2.24) is 9.55 Å². The number of nitrogens with zero attached hydrogens (tertiary/aromatic N) is 2. The smallest absolute Gasteiger partial charge is 0.248 e. The minimum Gasteiger partial charge on any atom is -0.342 e. The lowest BCUT2D eigenvalue weighted by Crippen LogP contribution is -2.22. The number of amides is 1. The van der Waals surface area contributed by atoms with Crippen molar-refractivity contribution in [3.63, 3.8) is 0 Å². The maximum atomic E-state index is 11.7. The summed E-state index contributed by atoms with van der Waals surface area (Å²) in [6.07, 6.45) is 5.40. The zero-order valence-electron chi connectivity index (χ0n) is 8.25. The van der Waals surface area contributed by atoms with Gasteiger partial charge in [-0.1, -0.05) is 0 Å². The first-order valence-corrected chi connectivity index (χ1v) is 5.48. The van der Waals surface area contributed by atoms with Crippen LogP contribution in [0.15, 0.2) is 36.1 Å². The van der Waals surface area contributed by atoms with Crippen molar-refractivity contribution in [2.24, 2.45) is 0 Å². The van der Waals surface area contributed by atoms with Crippen molar-refractivity contribution in [1.29, 1.82) is 0 Å². The molecule has 0 aromatic carbocycles. The highest BCUT2D eigenvalue weighted by atomic mass is 32.1. The van der Waals surface area contributed by atoms with Gasteiger partial charge in [0.05, 0.1) is 0 Å². The molecule has 5 heteroatoms. The van der Waals surface area contributed by atoms with Crippen LogP contribution >= 0.6 is 11.3 Å². The zero-order chi connectivity index (χ0) is 10.7. The third-order valence-corrected chi connectivity index (χ3v) is 2.81. The summed E-state index contributed by atoms with van der Waals surface area (Å²) in [4.78, 5) is 15.7. The highest BCUT2D eigenvalue weighted by molar-refractivity contribution is 7.13. The summed E-state index contributed by atoms with van der Waals surface area (Å²) in [6.45, 7) is 1.85. The molecule has 15 heavy (non-hydrogen) atoms. The van der Waals surface area contributed by atoms with E-state index in [4.69, 9.17) is 0 Å². The summed E-state index contributed by atoms with van der Waals surface area (Å²) < 4.78 is 1.85. The molecule has 0 bridgehead atoms. The van der Waals surface area contributed by atoms with E-state index in [2.05, 4.69) is 10.3 Å². The molecule has 0 radical (unpaired) electrons. The summed E-state index contributed by atoms with van der Waals surface area (Å²) in [5, 5.41) is 5.22. The number of aromatic nitrogens is 2. The molecule has 1 atom stereocenters. The zero-order valence-corrected chi connectivity index (χ0v) is 9.07. The van der Waals surface area contributed by atoms with Gasteiger partial charge in [-0.2, -0.15) is 0 Å². The van der Waals surface area contributed by atoms with Crippen LogP contribution in [0.1, 0.15) is 13.0 Å². The van der Waals surface area contributed by atoms with Gasteiger partial charge in [0.25, 0.3) is 0 Å². The van der Waals surface area contributed by atoms with Crippen LogP contribution in [0.3, 0.4) is 0 Å². The van der Waals surface area contributed by atoms with Crippen LogP contribution < -0.4 is 5.32 Å². The fourth-order valence-electron chi connectivity index (χ4n) is 1.24. The van der Waals surface area contributed by atoms with Gasteiger partial charge in [-0.05, 0) is 19.1 Å². The van der Waals surface area contributed by atoms with Crippen LogP contribution in [-0.2, 0) is 4.79 Å². The van der Waals surface area contributed by atoms with E-state index in [9.17, 15) is 4.79 Å². The Bertz CT molecular complexity index is 421. The Balaban J connectivity index is 2.03. The van der Waals surface area contributed by atoms with E-state index in [0.717, 1.165) is 0 Å².